The molecular formula is C9H13BrN2O2S. The summed E-state index contributed by atoms with van der Waals surface area (Å²) in [6.07, 6.45) is 0. The fourth-order valence-electron chi connectivity index (χ4n) is 1.23. The molecule has 1 rings (SSSR count). The Morgan fingerprint density at radius 2 is 2.07 bits per heavy atom. The quantitative estimate of drug-likeness (QED) is 0.832. The number of hydrogen-bond acceptors (Lipinski definition) is 3. The van der Waals surface area contributed by atoms with Gasteiger partial charge in [-0.15, -0.1) is 0 Å². The van der Waals surface area contributed by atoms with Crippen molar-refractivity contribution < 1.29 is 8.42 Å². The predicted octanol–water partition coefficient (Wildman–Crippen LogP) is 1.64. The molecule has 1 aromatic carbocycles. The first kappa shape index (κ1) is 12.5. The Labute approximate surface area is 98.0 Å². The van der Waals surface area contributed by atoms with Gasteiger partial charge < -0.3 is 5.73 Å². The molecule has 0 unspecified atom stereocenters. The van der Waals surface area contributed by atoms with E-state index in [4.69, 9.17) is 5.73 Å². The molecule has 15 heavy (non-hydrogen) atoms. The van der Waals surface area contributed by atoms with Crippen LogP contribution in [0.25, 0.3) is 0 Å². The molecule has 84 valence electrons. The number of nitrogens with one attached hydrogen (secondary N) is 1. The van der Waals surface area contributed by atoms with E-state index in [0.717, 1.165) is 0 Å². The number of benzene rings is 1. The van der Waals surface area contributed by atoms with Crippen LogP contribution in [-0.2, 0) is 10.0 Å². The van der Waals surface area contributed by atoms with E-state index in [2.05, 4.69) is 20.7 Å². The van der Waals surface area contributed by atoms with Crippen molar-refractivity contribution in [3.63, 3.8) is 0 Å². The summed E-state index contributed by atoms with van der Waals surface area (Å²) in [6, 6.07) is 3.15. The topological polar surface area (TPSA) is 72.2 Å². The molecule has 0 aliphatic carbocycles. The van der Waals surface area contributed by atoms with Crippen LogP contribution < -0.4 is 10.5 Å². The highest BCUT2D eigenvalue weighted by Crippen LogP contribution is 2.26. The van der Waals surface area contributed by atoms with Gasteiger partial charge in [-0.05, 0) is 40.5 Å². The van der Waals surface area contributed by atoms with Crippen LogP contribution in [0.5, 0.6) is 0 Å². The summed E-state index contributed by atoms with van der Waals surface area (Å²) in [5, 5.41) is 0. The molecule has 0 radical (unpaired) electrons. The van der Waals surface area contributed by atoms with Gasteiger partial charge in [0.05, 0.1) is 4.90 Å². The average molecular weight is 293 g/mol. The lowest BCUT2D eigenvalue weighted by atomic mass is 10.2. The van der Waals surface area contributed by atoms with E-state index in [9.17, 15) is 8.42 Å². The second kappa shape index (κ2) is 4.51. The maximum atomic E-state index is 11.7. The Bertz CT molecular complexity index is 471. The molecule has 0 heterocycles. The molecule has 6 heteroatoms. The highest BCUT2D eigenvalue weighted by Gasteiger charge is 2.16. The maximum Gasteiger partial charge on any atom is 0.240 e. The Balaban J connectivity index is 3.33. The van der Waals surface area contributed by atoms with Crippen molar-refractivity contribution in [2.24, 2.45) is 0 Å². The molecule has 4 nitrogen and oxygen atoms in total. The van der Waals surface area contributed by atoms with Crippen molar-refractivity contribution in [3.8, 4) is 0 Å². The first-order valence-corrected chi connectivity index (χ1v) is 6.71. The molecular weight excluding hydrogens is 280 g/mol. The second-order valence-corrected chi connectivity index (χ2v) is 5.73. The number of nitrogens with two attached hydrogens (primary N) is 1. The Hall–Kier alpha value is -0.590. The number of hydrogen-bond donors (Lipinski definition) is 2. The van der Waals surface area contributed by atoms with Gasteiger partial charge in [0.2, 0.25) is 10.0 Å². The van der Waals surface area contributed by atoms with Gasteiger partial charge in [0.25, 0.3) is 0 Å². The minimum atomic E-state index is -3.43. The van der Waals surface area contributed by atoms with Crippen LogP contribution in [0.15, 0.2) is 21.5 Å². The maximum absolute atomic E-state index is 11.7. The summed E-state index contributed by atoms with van der Waals surface area (Å²) >= 11 is 3.25. The molecule has 1 aromatic rings. The van der Waals surface area contributed by atoms with Crippen LogP contribution in [0, 0.1) is 6.92 Å². The van der Waals surface area contributed by atoms with E-state index in [0.29, 0.717) is 22.3 Å². The zero-order chi connectivity index (χ0) is 11.6. The van der Waals surface area contributed by atoms with Crippen LogP contribution in [0.4, 0.5) is 5.69 Å². The summed E-state index contributed by atoms with van der Waals surface area (Å²) in [4.78, 5) is 0.227. The largest absolute Gasteiger partial charge is 0.398 e. The molecule has 0 saturated carbocycles. The Morgan fingerprint density at radius 1 is 1.47 bits per heavy atom. The van der Waals surface area contributed by atoms with E-state index in [-0.39, 0.29) is 4.90 Å². The van der Waals surface area contributed by atoms with Crippen LogP contribution in [0.3, 0.4) is 0 Å². The molecule has 0 fully saturated rings. The van der Waals surface area contributed by atoms with Crippen molar-refractivity contribution >= 4 is 31.6 Å². The molecule has 0 aliphatic rings. The molecule has 0 bridgehead atoms. The third-order valence-corrected chi connectivity index (χ3v) is 4.29. The molecule has 0 saturated heterocycles. The fourth-order valence-corrected chi connectivity index (χ4v) is 2.98. The Kier molecular flexibility index (Phi) is 3.75. The normalized spacial score (nSPS) is 11.7. The number of rotatable bonds is 3. The highest BCUT2D eigenvalue weighted by atomic mass is 79.9. The van der Waals surface area contributed by atoms with Gasteiger partial charge in [-0.2, -0.15) is 0 Å². The summed E-state index contributed by atoms with van der Waals surface area (Å²) in [7, 11) is -3.43. The van der Waals surface area contributed by atoms with Crippen LogP contribution >= 0.6 is 15.9 Å². The third-order valence-electron chi connectivity index (χ3n) is 1.92. The molecule has 0 aromatic heterocycles. The van der Waals surface area contributed by atoms with Crippen LogP contribution in [0.1, 0.15) is 12.5 Å². The summed E-state index contributed by atoms with van der Waals surface area (Å²) in [5.74, 6) is 0. The SMILES string of the molecule is CCNS(=O)(=O)c1cc(N)c(Br)cc1C. The second-order valence-electron chi connectivity index (χ2n) is 3.14. The number of anilines is 1. The smallest absolute Gasteiger partial charge is 0.240 e. The van der Waals surface area contributed by atoms with Gasteiger partial charge in [0, 0.05) is 16.7 Å². The van der Waals surface area contributed by atoms with Crippen molar-refractivity contribution in [1.82, 2.24) is 4.72 Å². The molecule has 0 amide bonds. The predicted molar refractivity (Wildman–Crippen MR) is 64.2 cm³/mol. The van der Waals surface area contributed by atoms with Gasteiger partial charge in [-0.1, -0.05) is 6.92 Å². The van der Waals surface area contributed by atoms with E-state index in [1.54, 1.807) is 19.9 Å². The van der Waals surface area contributed by atoms with Gasteiger partial charge in [-0.25, -0.2) is 13.1 Å². The van der Waals surface area contributed by atoms with E-state index >= 15 is 0 Å². The molecule has 3 N–H and O–H groups in total. The highest BCUT2D eigenvalue weighted by molar-refractivity contribution is 9.10. The summed E-state index contributed by atoms with van der Waals surface area (Å²) in [6.45, 7) is 3.82. The van der Waals surface area contributed by atoms with E-state index < -0.39 is 10.0 Å². The number of sulfonamides is 1. The van der Waals surface area contributed by atoms with Gasteiger partial charge in [-0.3, -0.25) is 0 Å². The zero-order valence-corrected chi connectivity index (χ0v) is 10.9. The number of aryl methyl sites for hydroxylation is 1. The minimum absolute atomic E-state index is 0.227. The first-order chi connectivity index (χ1) is 6.88. The summed E-state index contributed by atoms with van der Waals surface area (Å²) < 4.78 is 26.6. The standard InChI is InChI=1S/C9H13BrN2O2S/c1-3-12-15(13,14)9-5-8(11)7(10)4-6(9)2/h4-5,12H,3,11H2,1-2H3. The average Bonchev–Trinajstić information content (AvgIpc) is 2.11. The van der Waals surface area contributed by atoms with Crippen molar-refractivity contribution in [3.05, 3.63) is 22.2 Å². The monoisotopic (exact) mass is 292 g/mol. The first-order valence-electron chi connectivity index (χ1n) is 4.43. The zero-order valence-electron chi connectivity index (χ0n) is 8.54. The lowest BCUT2D eigenvalue weighted by Gasteiger charge is -2.09. The molecule has 0 spiro atoms. The lowest BCUT2D eigenvalue weighted by Crippen LogP contribution is -2.24. The minimum Gasteiger partial charge on any atom is -0.398 e. The number of nitrogen functional groups attached to an aromatic ring is 1. The van der Waals surface area contributed by atoms with E-state index in [1.165, 1.54) is 6.07 Å². The number of halogens is 1. The van der Waals surface area contributed by atoms with Gasteiger partial charge >= 0.3 is 0 Å². The molecule has 0 atom stereocenters. The van der Waals surface area contributed by atoms with Gasteiger partial charge in [0.1, 0.15) is 0 Å². The van der Waals surface area contributed by atoms with Crippen molar-refractivity contribution in [2.75, 3.05) is 12.3 Å². The van der Waals surface area contributed by atoms with Crippen LogP contribution in [0.2, 0.25) is 0 Å². The van der Waals surface area contributed by atoms with Crippen LogP contribution in [-0.4, -0.2) is 15.0 Å². The Morgan fingerprint density at radius 3 is 2.60 bits per heavy atom. The summed E-state index contributed by atoms with van der Waals surface area (Å²) in [5.41, 5.74) is 6.72. The van der Waals surface area contributed by atoms with E-state index in [1.807, 2.05) is 0 Å². The van der Waals surface area contributed by atoms with Crippen molar-refractivity contribution in [2.45, 2.75) is 18.7 Å². The lowest BCUT2D eigenvalue weighted by molar-refractivity contribution is 0.583. The van der Waals surface area contributed by atoms with Crippen molar-refractivity contribution in [1.29, 1.82) is 0 Å². The third kappa shape index (κ3) is 2.70. The van der Waals surface area contributed by atoms with Gasteiger partial charge in [0.15, 0.2) is 0 Å². The fraction of sp³-hybridized carbons (Fsp3) is 0.333. The molecule has 0 aliphatic heterocycles.